The molecule has 1 heterocycles. The van der Waals surface area contributed by atoms with E-state index in [0.717, 1.165) is 15.7 Å². The number of alkyl halides is 3. The summed E-state index contributed by atoms with van der Waals surface area (Å²) in [5.41, 5.74) is -0.415. The third-order valence-electron chi connectivity index (χ3n) is 2.39. The standard InChI is InChI=1S/C13H7F3IN3/c14-13(15,16)11-5-4-8(7-18)12(20-11)19-10-3-1-2-9(17)6-10/h1-6H,(H,19,20). The van der Waals surface area contributed by atoms with Crippen LogP contribution in [-0.2, 0) is 6.18 Å². The smallest absolute Gasteiger partial charge is 0.339 e. The predicted molar refractivity (Wildman–Crippen MR) is 76.4 cm³/mol. The lowest BCUT2D eigenvalue weighted by Crippen LogP contribution is -2.10. The second-order valence-corrected chi connectivity index (χ2v) is 5.08. The second kappa shape index (κ2) is 5.66. The van der Waals surface area contributed by atoms with E-state index in [9.17, 15) is 13.2 Å². The number of halogens is 4. The topological polar surface area (TPSA) is 48.7 Å². The lowest BCUT2D eigenvalue weighted by atomic mass is 10.2. The predicted octanol–water partition coefficient (Wildman–Crippen LogP) is 4.32. The number of nitrogens with one attached hydrogen (secondary N) is 1. The SMILES string of the molecule is N#Cc1ccc(C(F)(F)F)nc1Nc1cccc(I)c1. The largest absolute Gasteiger partial charge is 0.433 e. The van der Waals surface area contributed by atoms with Crippen LogP contribution in [0.15, 0.2) is 36.4 Å². The number of rotatable bonds is 2. The van der Waals surface area contributed by atoms with Gasteiger partial charge in [-0.2, -0.15) is 18.4 Å². The molecule has 0 atom stereocenters. The van der Waals surface area contributed by atoms with Crippen molar-refractivity contribution in [1.29, 1.82) is 5.26 Å². The maximum atomic E-state index is 12.6. The molecular weight excluding hydrogens is 382 g/mol. The number of hydrogen-bond donors (Lipinski definition) is 1. The molecule has 2 aromatic rings. The van der Waals surface area contributed by atoms with Gasteiger partial charge >= 0.3 is 6.18 Å². The molecule has 7 heteroatoms. The maximum absolute atomic E-state index is 12.6. The molecule has 0 aliphatic heterocycles. The highest BCUT2D eigenvalue weighted by molar-refractivity contribution is 14.1. The van der Waals surface area contributed by atoms with Crippen LogP contribution in [0.3, 0.4) is 0 Å². The van der Waals surface area contributed by atoms with Crippen molar-refractivity contribution in [1.82, 2.24) is 4.98 Å². The van der Waals surface area contributed by atoms with Crippen molar-refractivity contribution in [2.24, 2.45) is 0 Å². The van der Waals surface area contributed by atoms with Crippen molar-refractivity contribution in [3.8, 4) is 6.07 Å². The molecule has 0 fully saturated rings. The molecule has 3 nitrogen and oxygen atoms in total. The van der Waals surface area contributed by atoms with E-state index in [1.54, 1.807) is 18.2 Å². The Balaban J connectivity index is 2.42. The van der Waals surface area contributed by atoms with Crippen LogP contribution in [0.1, 0.15) is 11.3 Å². The molecule has 1 aromatic carbocycles. The lowest BCUT2D eigenvalue weighted by Gasteiger charge is -2.11. The molecule has 1 N–H and O–H groups in total. The molecule has 2 rings (SSSR count). The van der Waals surface area contributed by atoms with Gasteiger partial charge in [-0.15, -0.1) is 0 Å². The number of benzene rings is 1. The zero-order chi connectivity index (χ0) is 14.8. The highest BCUT2D eigenvalue weighted by Gasteiger charge is 2.33. The highest BCUT2D eigenvalue weighted by Crippen LogP contribution is 2.30. The Bertz CT molecular complexity index is 677. The molecule has 20 heavy (non-hydrogen) atoms. The summed E-state index contributed by atoms with van der Waals surface area (Å²) >= 11 is 2.08. The highest BCUT2D eigenvalue weighted by atomic mass is 127. The van der Waals surface area contributed by atoms with Gasteiger partial charge in [0.15, 0.2) is 0 Å². The number of nitrogens with zero attached hydrogens (tertiary/aromatic N) is 2. The third kappa shape index (κ3) is 3.39. The summed E-state index contributed by atoms with van der Waals surface area (Å²) in [7, 11) is 0. The summed E-state index contributed by atoms with van der Waals surface area (Å²) in [5.74, 6) is -0.107. The van der Waals surface area contributed by atoms with Gasteiger partial charge in [0.25, 0.3) is 0 Å². The van der Waals surface area contributed by atoms with Crippen LogP contribution in [0.2, 0.25) is 0 Å². The van der Waals surface area contributed by atoms with Crippen molar-refractivity contribution in [3.63, 3.8) is 0 Å². The number of pyridine rings is 1. The average Bonchev–Trinajstić information content (AvgIpc) is 2.37. The van der Waals surface area contributed by atoms with Gasteiger partial charge in [-0.25, -0.2) is 4.98 Å². The quantitative estimate of drug-likeness (QED) is 0.779. The number of hydrogen-bond acceptors (Lipinski definition) is 3. The van der Waals surface area contributed by atoms with Crippen LogP contribution >= 0.6 is 22.6 Å². The second-order valence-electron chi connectivity index (χ2n) is 3.84. The van der Waals surface area contributed by atoms with Crippen molar-refractivity contribution in [3.05, 3.63) is 51.2 Å². The van der Waals surface area contributed by atoms with Gasteiger partial charge in [-0.05, 0) is 52.9 Å². The molecule has 0 bridgehead atoms. The molecule has 0 radical (unpaired) electrons. The third-order valence-corrected chi connectivity index (χ3v) is 3.06. The van der Waals surface area contributed by atoms with Gasteiger partial charge < -0.3 is 5.32 Å². The summed E-state index contributed by atoms with van der Waals surface area (Å²) < 4.78 is 38.8. The minimum Gasteiger partial charge on any atom is -0.339 e. The van der Waals surface area contributed by atoms with Crippen LogP contribution in [-0.4, -0.2) is 4.98 Å². The molecule has 0 aliphatic rings. The summed E-state index contributed by atoms with van der Waals surface area (Å²) in [4.78, 5) is 3.48. The maximum Gasteiger partial charge on any atom is 0.433 e. The zero-order valence-corrected chi connectivity index (χ0v) is 12.0. The normalized spacial score (nSPS) is 10.9. The van der Waals surface area contributed by atoms with Gasteiger partial charge in [-0.1, -0.05) is 6.07 Å². The fourth-order valence-corrected chi connectivity index (χ4v) is 2.05. The first kappa shape index (κ1) is 14.6. The van der Waals surface area contributed by atoms with E-state index >= 15 is 0 Å². The van der Waals surface area contributed by atoms with Gasteiger partial charge in [0.1, 0.15) is 17.6 Å². The fourth-order valence-electron chi connectivity index (χ4n) is 1.51. The van der Waals surface area contributed by atoms with E-state index in [1.165, 1.54) is 0 Å². The molecule has 0 saturated carbocycles. The van der Waals surface area contributed by atoms with E-state index in [0.29, 0.717) is 5.69 Å². The van der Waals surface area contributed by atoms with Crippen molar-refractivity contribution in [2.45, 2.75) is 6.18 Å². The molecule has 102 valence electrons. The Hall–Kier alpha value is -1.82. The molecule has 0 spiro atoms. The summed E-state index contributed by atoms with van der Waals surface area (Å²) in [6.45, 7) is 0. The Morgan fingerprint density at radius 3 is 2.55 bits per heavy atom. The minimum atomic E-state index is -4.55. The molecule has 0 amide bonds. The van der Waals surface area contributed by atoms with Crippen molar-refractivity contribution >= 4 is 34.1 Å². The first-order valence-corrected chi connectivity index (χ1v) is 6.49. The summed E-state index contributed by atoms with van der Waals surface area (Å²) in [5, 5.41) is 11.7. The Morgan fingerprint density at radius 1 is 1.20 bits per heavy atom. The van der Waals surface area contributed by atoms with Crippen molar-refractivity contribution in [2.75, 3.05) is 5.32 Å². The van der Waals surface area contributed by atoms with E-state index in [2.05, 4.69) is 32.9 Å². The van der Waals surface area contributed by atoms with E-state index in [-0.39, 0.29) is 11.4 Å². The molecule has 0 saturated heterocycles. The van der Waals surface area contributed by atoms with Gasteiger partial charge in [0.05, 0.1) is 5.56 Å². The van der Waals surface area contributed by atoms with Gasteiger partial charge in [0.2, 0.25) is 0 Å². The van der Waals surface area contributed by atoms with Crippen LogP contribution in [0, 0.1) is 14.9 Å². The Labute approximate surface area is 126 Å². The molecule has 0 aliphatic carbocycles. The monoisotopic (exact) mass is 389 g/mol. The van der Waals surface area contributed by atoms with Crippen LogP contribution < -0.4 is 5.32 Å². The average molecular weight is 389 g/mol. The Morgan fingerprint density at radius 2 is 1.95 bits per heavy atom. The van der Waals surface area contributed by atoms with E-state index < -0.39 is 11.9 Å². The first-order valence-electron chi connectivity index (χ1n) is 5.41. The summed E-state index contributed by atoms with van der Waals surface area (Å²) in [6.07, 6.45) is -4.55. The fraction of sp³-hybridized carbons (Fsp3) is 0.0769. The van der Waals surface area contributed by atoms with E-state index in [4.69, 9.17) is 5.26 Å². The van der Waals surface area contributed by atoms with Crippen LogP contribution in [0.5, 0.6) is 0 Å². The van der Waals surface area contributed by atoms with Gasteiger partial charge in [-0.3, -0.25) is 0 Å². The number of aromatic nitrogens is 1. The van der Waals surface area contributed by atoms with Crippen LogP contribution in [0.25, 0.3) is 0 Å². The molecule has 0 unspecified atom stereocenters. The zero-order valence-electron chi connectivity index (χ0n) is 9.87. The summed E-state index contributed by atoms with van der Waals surface area (Å²) in [6, 6.07) is 10.7. The minimum absolute atomic E-state index is 0.0526. The Kier molecular flexibility index (Phi) is 4.13. The number of nitriles is 1. The molecule has 1 aromatic heterocycles. The van der Waals surface area contributed by atoms with Gasteiger partial charge in [0, 0.05) is 9.26 Å². The lowest BCUT2D eigenvalue weighted by molar-refractivity contribution is -0.141. The number of anilines is 2. The molecular formula is C13H7F3IN3. The van der Waals surface area contributed by atoms with E-state index in [1.807, 2.05) is 12.1 Å². The van der Waals surface area contributed by atoms with Crippen LogP contribution in [0.4, 0.5) is 24.7 Å². The first-order chi connectivity index (χ1) is 9.40. The van der Waals surface area contributed by atoms with Crippen molar-refractivity contribution < 1.29 is 13.2 Å².